The predicted molar refractivity (Wildman–Crippen MR) is 66.0 cm³/mol. The van der Waals surface area contributed by atoms with E-state index in [1.807, 2.05) is 13.8 Å². The molecule has 18 heavy (non-hydrogen) atoms. The van der Waals surface area contributed by atoms with Crippen LogP contribution in [0.5, 0.6) is 0 Å². The molecule has 0 radical (unpaired) electrons. The average Bonchev–Trinajstić information content (AvgIpc) is 2.78. The molecule has 6 heteroatoms. The first-order chi connectivity index (χ1) is 8.40. The molecule has 1 aliphatic rings. The number of aliphatic hydroxyl groups excluding tert-OH is 1. The number of carboxylic acid groups (broad SMARTS) is 1. The first-order valence-corrected chi connectivity index (χ1v) is 6.30. The van der Waals surface area contributed by atoms with Gasteiger partial charge in [-0.05, 0) is 18.9 Å². The van der Waals surface area contributed by atoms with E-state index in [1.54, 1.807) is 0 Å². The Bertz CT molecular complexity index is 311. The summed E-state index contributed by atoms with van der Waals surface area (Å²) in [6.45, 7) is 5.68. The minimum atomic E-state index is -1.41. The van der Waals surface area contributed by atoms with Crippen LogP contribution < -0.4 is 10.6 Å². The molecule has 2 atom stereocenters. The Hall–Kier alpha value is -1.14. The van der Waals surface area contributed by atoms with Crippen molar-refractivity contribution in [2.24, 2.45) is 11.3 Å². The van der Waals surface area contributed by atoms with E-state index < -0.39 is 17.5 Å². The van der Waals surface area contributed by atoms with E-state index in [4.69, 9.17) is 10.2 Å². The van der Waals surface area contributed by atoms with Crippen molar-refractivity contribution >= 4 is 11.9 Å². The van der Waals surface area contributed by atoms with Crippen LogP contribution in [-0.2, 0) is 9.59 Å². The summed E-state index contributed by atoms with van der Waals surface area (Å²) < 4.78 is 0. The van der Waals surface area contributed by atoms with E-state index in [0.29, 0.717) is 6.54 Å². The Kier molecular flexibility index (Phi) is 5.10. The monoisotopic (exact) mass is 258 g/mol. The lowest BCUT2D eigenvalue weighted by Gasteiger charge is -2.31. The molecule has 0 aromatic rings. The normalized spacial score (nSPS) is 25.1. The molecular weight excluding hydrogens is 236 g/mol. The second kappa shape index (κ2) is 6.15. The molecule has 1 aliphatic heterocycles. The van der Waals surface area contributed by atoms with Gasteiger partial charge in [-0.2, -0.15) is 0 Å². The highest BCUT2D eigenvalue weighted by molar-refractivity contribution is 5.83. The Labute approximate surface area is 107 Å². The van der Waals surface area contributed by atoms with Gasteiger partial charge in [-0.25, -0.2) is 4.79 Å². The van der Waals surface area contributed by atoms with Crippen molar-refractivity contribution in [3.8, 4) is 0 Å². The summed E-state index contributed by atoms with van der Waals surface area (Å²) in [6, 6.07) is 0. The topological polar surface area (TPSA) is 98.7 Å². The molecule has 6 nitrogen and oxygen atoms in total. The third-order valence-electron chi connectivity index (χ3n) is 3.73. The van der Waals surface area contributed by atoms with E-state index in [1.165, 1.54) is 0 Å². The number of carbonyl (C=O) groups excluding carboxylic acids is 1. The molecule has 4 N–H and O–H groups in total. The summed E-state index contributed by atoms with van der Waals surface area (Å²) in [5.41, 5.74) is -0.409. The number of aliphatic hydroxyl groups is 1. The van der Waals surface area contributed by atoms with Gasteiger partial charge in [0.1, 0.15) is 0 Å². The van der Waals surface area contributed by atoms with Gasteiger partial charge in [0.2, 0.25) is 5.91 Å². The zero-order chi connectivity index (χ0) is 13.8. The lowest BCUT2D eigenvalue weighted by molar-refractivity contribution is -0.147. The molecule has 1 rings (SSSR count). The van der Waals surface area contributed by atoms with E-state index in [9.17, 15) is 9.59 Å². The molecule has 1 amide bonds. The fourth-order valence-electron chi connectivity index (χ4n) is 2.28. The summed E-state index contributed by atoms with van der Waals surface area (Å²) in [7, 11) is 0. The van der Waals surface area contributed by atoms with E-state index in [0.717, 1.165) is 13.0 Å². The van der Waals surface area contributed by atoms with Gasteiger partial charge in [-0.1, -0.05) is 13.8 Å². The number of nitrogens with one attached hydrogen (secondary N) is 2. The molecule has 0 saturated carbocycles. The second-order valence-electron chi connectivity index (χ2n) is 5.14. The first-order valence-electron chi connectivity index (χ1n) is 6.30. The highest BCUT2D eigenvalue weighted by Crippen LogP contribution is 2.34. The van der Waals surface area contributed by atoms with Crippen LogP contribution in [0.25, 0.3) is 0 Å². The Morgan fingerprint density at radius 3 is 2.56 bits per heavy atom. The molecule has 0 bridgehead atoms. The van der Waals surface area contributed by atoms with Crippen LogP contribution in [0.1, 0.15) is 26.7 Å². The van der Waals surface area contributed by atoms with Gasteiger partial charge in [0, 0.05) is 19.5 Å². The summed E-state index contributed by atoms with van der Waals surface area (Å²) in [6.07, 6.45) is -0.595. The smallest absolute Gasteiger partial charge is 0.332 e. The van der Waals surface area contributed by atoms with Crippen LogP contribution in [0.4, 0.5) is 0 Å². The van der Waals surface area contributed by atoms with Gasteiger partial charge >= 0.3 is 5.97 Å². The Morgan fingerprint density at radius 1 is 1.44 bits per heavy atom. The fraction of sp³-hybridized carbons (Fsp3) is 0.833. The van der Waals surface area contributed by atoms with Crippen LogP contribution >= 0.6 is 0 Å². The SMILES string of the molecule is CC(C)C1(C(=O)NCC[C@H](O)C(=O)O)CCNC1. The number of hydrogen-bond acceptors (Lipinski definition) is 4. The van der Waals surface area contributed by atoms with Gasteiger partial charge < -0.3 is 20.8 Å². The molecule has 1 unspecified atom stereocenters. The van der Waals surface area contributed by atoms with Crippen LogP contribution in [0.3, 0.4) is 0 Å². The van der Waals surface area contributed by atoms with Gasteiger partial charge in [-0.3, -0.25) is 4.79 Å². The number of carboxylic acids is 1. The maximum Gasteiger partial charge on any atom is 0.332 e. The van der Waals surface area contributed by atoms with Crippen molar-refractivity contribution in [2.45, 2.75) is 32.8 Å². The van der Waals surface area contributed by atoms with Gasteiger partial charge in [-0.15, -0.1) is 0 Å². The summed E-state index contributed by atoms with van der Waals surface area (Å²) in [4.78, 5) is 22.6. The number of carbonyl (C=O) groups is 2. The van der Waals surface area contributed by atoms with Crippen LogP contribution in [0.15, 0.2) is 0 Å². The molecule has 0 aliphatic carbocycles. The van der Waals surface area contributed by atoms with Gasteiger partial charge in [0.15, 0.2) is 6.10 Å². The molecule has 0 spiro atoms. The van der Waals surface area contributed by atoms with Crippen molar-refractivity contribution in [2.75, 3.05) is 19.6 Å². The lowest BCUT2D eigenvalue weighted by Crippen LogP contribution is -2.46. The maximum absolute atomic E-state index is 12.2. The van der Waals surface area contributed by atoms with Crippen molar-refractivity contribution in [1.29, 1.82) is 0 Å². The van der Waals surface area contributed by atoms with E-state index in [2.05, 4.69) is 10.6 Å². The van der Waals surface area contributed by atoms with Crippen LogP contribution in [0, 0.1) is 11.3 Å². The van der Waals surface area contributed by atoms with Crippen molar-refractivity contribution in [3.05, 3.63) is 0 Å². The predicted octanol–water partition coefficient (Wildman–Crippen LogP) is -0.426. The highest BCUT2D eigenvalue weighted by atomic mass is 16.4. The second-order valence-corrected chi connectivity index (χ2v) is 5.14. The largest absolute Gasteiger partial charge is 0.479 e. The quantitative estimate of drug-likeness (QED) is 0.518. The molecule has 104 valence electrons. The van der Waals surface area contributed by atoms with E-state index in [-0.39, 0.29) is 24.8 Å². The molecule has 0 aromatic carbocycles. The minimum absolute atomic E-state index is 0.0304. The minimum Gasteiger partial charge on any atom is -0.479 e. The lowest BCUT2D eigenvalue weighted by atomic mass is 9.75. The van der Waals surface area contributed by atoms with E-state index >= 15 is 0 Å². The number of hydrogen-bond donors (Lipinski definition) is 4. The van der Waals surface area contributed by atoms with Crippen molar-refractivity contribution < 1.29 is 19.8 Å². The van der Waals surface area contributed by atoms with Crippen LogP contribution in [0.2, 0.25) is 0 Å². The molecule has 0 aromatic heterocycles. The fourth-order valence-corrected chi connectivity index (χ4v) is 2.28. The number of rotatable bonds is 6. The molecule has 1 saturated heterocycles. The van der Waals surface area contributed by atoms with Crippen molar-refractivity contribution in [1.82, 2.24) is 10.6 Å². The molecular formula is C12H22N2O4. The molecule has 1 heterocycles. The Balaban J connectivity index is 2.46. The average molecular weight is 258 g/mol. The number of amides is 1. The summed E-state index contributed by atoms with van der Waals surface area (Å²) >= 11 is 0. The van der Waals surface area contributed by atoms with Crippen LogP contribution in [-0.4, -0.2) is 47.8 Å². The number of aliphatic carboxylic acids is 1. The Morgan fingerprint density at radius 2 is 2.11 bits per heavy atom. The maximum atomic E-state index is 12.2. The van der Waals surface area contributed by atoms with Crippen molar-refractivity contribution in [3.63, 3.8) is 0 Å². The highest BCUT2D eigenvalue weighted by Gasteiger charge is 2.43. The summed E-state index contributed by atoms with van der Waals surface area (Å²) in [5, 5.41) is 23.6. The van der Waals surface area contributed by atoms with Gasteiger partial charge in [0.05, 0.1) is 5.41 Å². The zero-order valence-corrected chi connectivity index (χ0v) is 10.9. The summed E-state index contributed by atoms with van der Waals surface area (Å²) in [5.74, 6) is -1.10. The third kappa shape index (κ3) is 3.20. The zero-order valence-electron chi connectivity index (χ0n) is 10.9. The van der Waals surface area contributed by atoms with Gasteiger partial charge in [0.25, 0.3) is 0 Å². The molecule has 1 fully saturated rings. The third-order valence-corrected chi connectivity index (χ3v) is 3.73. The standard InChI is InChI=1S/C12H22N2O4/c1-8(2)12(4-6-13-7-12)11(18)14-5-3-9(15)10(16)17/h8-9,13,15H,3-7H2,1-2H3,(H,14,18)(H,16,17)/t9-,12?/m0/s1. The first kappa shape index (κ1) is 14.9.